The van der Waals surface area contributed by atoms with Crippen LogP contribution in [0.2, 0.25) is 0 Å². The lowest BCUT2D eigenvalue weighted by atomic mass is 10.4. The Bertz CT molecular complexity index is 354. The Balaban J connectivity index is 0.000000262. The zero-order valence-electron chi connectivity index (χ0n) is 9.36. The van der Waals surface area contributed by atoms with Crippen molar-refractivity contribution < 1.29 is 17.5 Å². The Hall–Kier alpha value is -0.880. The number of hydrogen-bond donors (Lipinski definition) is 1. The summed E-state index contributed by atoms with van der Waals surface area (Å²) in [5.41, 5.74) is 0. The van der Waals surface area contributed by atoms with E-state index in [2.05, 4.69) is 4.98 Å². The normalized spacial score (nSPS) is 10.7. The molecule has 88 valence electrons. The van der Waals surface area contributed by atoms with Gasteiger partial charge in [-0.05, 0) is 6.42 Å². The number of unbranched alkanes of at least 4 members (excludes halogenated alkanes) is 1. The highest BCUT2D eigenvalue weighted by atomic mass is 32.2. The maximum atomic E-state index is 9.83. The number of hydrogen-bond acceptors (Lipinski definition) is 3. The van der Waals surface area contributed by atoms with Crippen molar-refractivity contribution >= 4 is 10.1 Å². The van der Waals surface area contributed by atoms with E-state index in [1.165, 1.54) is 5.82 Å². The van der Waals surface area contributed by atoms with E-state index in [0.717, 1.165) is 6.42 Å². The third-order valence-electron chi connectivity index (χ3n) is 1.87. The monoisotopic (exact) mass is 234 g/mol. The van der Waals surface area contributed by atoms with Crippen LogP contribution in [0.5, 0.6) is 0 Å². The number of nitrogens with one attached hydrogen (secondary N) is 1. The minimum atomic E-state index is -3.94. The molecule has 1 aromatic heterocycles. The molecule has 1 rings (SSSR count). The van der Waals surface area contributed by atoms with Crippen LogP contribution in [0.3, 0.4) is 0 Å². The zero-order valence-corrected chi connectivity index (χ0v) is 10.2. The van der Waals surface area contributed by atoms with Gasteiger partial charge in [-0.3, -0.25) is 0 Å². The van der Waals surface area contributed by atoms with Crippen molar-refractivity contribution in [3.8, 4) is 0 Å². The smallest absolute Gasteiger partial charge is 0.250 e. The predicted molar refractivity (Wildman–Crippen MR) is 56.2 cm³/mol. The van der Waals surface area contributed by atoms with E-state index in [1.54, 1.807) is 0 Å². The molecular formula is C9H18N2O3S. The quantitative estimate of drug-likeness (QED) is 0.610. The second-order valence-corrected chi connectivity index (χ2v) is 4.80. The topological polar surface area (TPSA) is 76.9 Å². The summed E-state index contributed by atoms with van der Waals surface area (Å²) >= 11 is 0. The van der Waals surface area contributed by atoms with Crippen LogP contribution >= 0.6 is 0 Å². The largest absolute Gasteiger partial charge is 0.748 e. The lowest BCUT2D eigenvalue weighted by Gasteiger charge is -2.02. The molecule has 15 heavy (non-hydrogen) atoms. The summed E-state index contributed by atoms with van der Waals surface area (Å²) < 4.78 is 31.5. The van der Waals surface area contributed by atoms with E-state index in [1.807, 2.05) is 37.9 Å². The first-order valence-electron chi connectivity index (χ1n) is 4.80. The maximum absolute atomic E-state index is 9.83. The molecule has 0 aliphatic heterocycles. The lowest BCUT2D eigenvalue weighted by Crippen LogP contribution is -2.27. The molecule has 0 bridgehead atoms. The van der Waals surface area contributed by atoms with E-state index in [4.69, 9.17) is 0 Å². The second-order valence-electron chi connectivity index (χ2n) is 3.27. The van der Waals surface area contributed by atoms with Gasteiger partial charge >= 0.3 is 0 Å². The van der Waals surface area contributed by atoms with Crippen LogP contribution in [0.15, 0.2) is 12.4 Å². The fraction of sp³-hybridized carbons (Fsp3) is 0.667. The molecule has 0 aliphatic carbocycles. The van der Waals surface area contributed by atoms with Crippen molar-refractivity contribution in [1.82, 2.24) is 4.98 Å². The van der Waals surface area contributed by atoms with Gasteiger partial charge in [0.1, 0.15) is 12.4 Å². The summed E-state index contributed by atoms with van der Waals surface area (Å²) in [4.78, 5) is 3.03. The summed E-state index contributed by atoms with van der Waals surface area (Å²) in [6, 6.07) is 0. The number of rotatable bonds is 3. The fourth-order valence-corrected chi connectivity index (χ4v) is 1.45. The van der Waals surface area contributed by atoms with E-state index in [9.17, 15) is 13.0 Å². The van der Waals surface area contributed by atoms with Crippen LogP contribution < -0.4 is 4.57 Å². The molecule has 1 N–H and O–H groups in total. The van der Waals surface area contributed by atoms with Crippen LogP contribution in [-0.4, -0.2) is 23.7 Å². The van der Waals surface area contributed by atoms with Crippen molar-refractivity contribution in [1.29, 1.82) is 0 Å². The lowest BCUT2D eigenvalue weighted by molar-refractivity contribution is -0.676. The van der Waals surface area contributed by atoms with Gasteiger partial charge in [0, 0.05) is 12.7 Å². The van der Waals surface area contributed by atoms with Gasteiger partial charge in [-0.15, -0.1) is 0 Å². The van der Waals surface area contributed by atoms with Crippen LogP contribution in [0.25, 0.3) is 0 Å². The van der Waals surface area contributed by atoms with Crippen molar-refractivity contribution in [3.05, 3.63) is 18.2 Å². The molecule has 0 unspecified atom stereocenters. The third-order valence-corrected chi connectivity index (χ3v) is 2.66. The van der Waals surface area contributed by atoms with E-state index < -0.39 is 10.1 Å². The number of aromatic nitrogens is 2. The van der Waals surface area contributed by atoms with Gasteiger partial charge < -0.3 is 4.55 Å². The SMILES string of the molecule is CCCCS(=O)(=O)[O-].Cc1[nH]cc[n+]1C. The highest BCUT2D eigenvalue weighted by molar-refractivity contribution is 7.85. The molecular weight excluding hydrogens is 216 g/mol. The van der Waals surface area contributed by atoms with Gasteiger partial charge in [0.2, 0.25) is 0 Å². The highest BCUT2D eigenvalue weighted by Gasteiger charge is 1.93. The minimum Gasteiger partial charge on any atom is -0.748 e. The van der Waals surface area contributed by atoms with Crippen molar-refractivity contribution in [3.63, 3.8) is 0 Å². The van der Waals surface area contributed by atoms with E-state index >= 15 is 0 Å². The van der Waals surface area contributed by atoms with Gasteiger partial charge in [0.05, 0.1) is 17.2 Å². The van der Waals surface area contributed by atoms with Crippen molar-refractivity contribution in [2.24, 2.45) is 7.05 Å². The summed E-state index contributed by atoms with van der Waals surface area (Å²) in [6.07, 6.45) is 5.12. The summed E-state index contributed by atoms with van der Waals surface area (Å²) in [5.74, 6) is 0.962. The Labute approximate surface area is 90.9 Å². The first-order chi connectivity index (χ1) is 6.87. The Kier molecular flexibility index (Phi) is 6.19. The average molecular weight is 234 g/mol. The molecule has 0 amide bonds. The third kappa shape index (κ3) is 8.14. The summed E-state index contributed by atoms with van der Waals surface area (Å²) in [5, 5.41) is 0. The summed E-state index contributed by atoms with van der Waals surface area (Å²) in [6.45, 7) is 3.87. The predicted octanol–water partition coefficient (Wildman–Crippen LogP) is 0.479. The molecule has 0 aromatic carbocycles. The second kappa shape index (κ2) is 6.58. The van der Waals surface area contributed by atoms with Crippen molar-refractivity contribution in [2.45, 2.75) is 26.7 Å². The number of imidazole rings is 1. The molecule has 5 nitrogen and oxygen atoms in total. The zero-order chi connectivity index (χ0) is 11.9. The molecule has 0 saturated carbocycles. The maximum Gasteiger partial charge on any atom is 0.250 e. The Morgan fingerprint density at radius 3 is 2.27 bits per heavy atom. The van der Waals surface area contributed by atoms with Gasteiger partial charge in [0.25, 0.3) is 5.82 Å². The minimum absolute atomic E-state index is 0.219. The number of aryl methyl sites for hydroxylation is 2. The van der Waals surface area contributed by atoms with Crippen LogP contribution in [0, 0.1) is 6.92 Å². The molecule has 6 heteroatoms. The Morgan fingerprint density at radius 2 is 2.13 bits per heavy atom. The van der Waals surface area contributed by atoms with Gasteiger partial charge in [-0.2, -0.15) is 0 Å². The molecule has 0 saturated heterocycles. The molecule has 1 aromatic rings. The van der Waals surface area contributed by atoms with E-state index in [0.29, 0.717) is 6.42 Å². The number of nitrogens with zero attached hydrogens (tertiary/aromatic N) is 1. The molecule has 0 spiro atoms. The Morgan fingerprint density at radius 1 is 1.53 bits per heavy atom. The fourth-order valence-electron chi connectivity index (χ4n) is 0.804. The van der Waals surface area contributed by atoms with Gasteiger partial charge in [-0.25, -0.2) is 18.0 Å². The molecule has 1 heterocycles. The number of aromatic amines is 1. The first-order valence-corrected chi connectivity index (χ1v) is 6.37. The molecule has 0 fully saturated rings. The molecule has 0 atom stereocenters. The molecule has 0 radical (unpaired) electrons. The van der Waals surface area contributed by atoms with Crippen LogP contribution in [-0.2, 0) is 17.2 Å². The highest BCUT2D eigenvalue weighted by Crippen LogP contribution is 1.90. The summed E-state index contributed by atoms with van der Waals surface area (Å²) in [7, 11) is -1.93. The first kappa shape index (κ1) is 14.1. The van der Waals surface area contributed by atoms with Gasteiger partial charge in [-0.1, -0.05) is 13.3 Å². The van der Waals surface area contributed by atoms with Crippen LogP contribution in [0.4, 0.5) is 0 Å². The van der Waals surface area contributed by atoms with E-state index in [-0.39, 0.29) is 5.75 Å². The average Bonchev–Trinajstić information content (AvgIpc) is 2.48. The standard InChI is InChI=1S/C5H8N2.C4H10O3S/c1-5-6-3-4-7(5)2;1-2-3-4-8(5,6)7/h3-4H,1-2H3;2-4H2,1H3,(H,5,6,7). The van der Waals surface area contributed by atoms with Crippen LogP contribution in [0.1, 0.15) is 25.6 Å². The van der Waals surface area contributed by atoms with Crippen molar-refractivity contribution in [2.75, 3.05) is 5.75 Å². The van der Waals surface area contributed by atoms with Gasteiger partial charge in [0.15, 0.2) is 0 Å². The molecule has 0 aliphatic rings. The number of H-pyrrole nitrogens is 1.